The van der Waals surface area contributed by atoms with E-state index in [0.717, 1.165) is 0 Å². The normalized spacial score (nSPS) is 13.0. The Kier molecular flexibility index (Phi) is 7.42. The molecule has 2 N–H and O–H groups in total. The van der Waals surface area contributed by atoms with Crippen molar-refractivity contribution in [1.82, 2.24) is 0 Å². The molecule has 2 rings (SSSR count). The number of carboxylic acids is 1. The maximum atomic E-state index is 13.1. The van der Waals surface area contributed by atoms with Gasteiger partial charge in [0.25, 0.3) is 0 Å². The summed E-state index contributed by atoms with van der Waals surface area (Å²) in [5.74, 6) is -3.40. The summed E-state index contributed by atoms with van der Waals surface area (Å²) >= 11 is 11.9. The highest BCUT2D eigenvalue weighted by Gasteiger charge is 2.36. The first kappa shape index (κ1) is 24.0. The Labute approximate surface area is 182 Å². The molecule has 0 unspecified atom stereocenters. The molecule has 0 fully saturated rings. The number of anilines is 1. The molecule has 0 aliphatic rings. The molecule has 30 heavy (non-hydrogen) atoms. The second kappa shape index (κ2) is 9.27. The van der Waals surface area contributed by atoms with Gasteiger partial charge in [0, 0.05) is 10.4 Å². The Hall–Kier alpha value is -2.25. The van der Waals surface area contributed by atoms with Crippen molar-refractivity contribution in [2.45, 2.75) is 44.2 Å². The molecular weight excluding hydrogens is 442 g/mol. The predicted molar refractivity (Wildman–Crippen MR) is 110 cm³/mol. The van der Waals surface area contributed by atoms with Crippen molar-refractivity contribution in [3.8, 4) is 0 Å². The molecule has 4 nitrogen and oxygen atoms in total. The number of carbonyl (C=O) groups is 2. The van der Waals surface area contributed by atoms with E-state index in [2.05, 4.69) is 5.32 Å². The van der Waals surface area contributed by atoms with Crippen LogP contribution in [0.1, 0.15) is 43.7 Å². The fourth-order valence-electron chi connectivity index (χ4n) is 3.03. The van der Waals surface area contributed by atoms with Crippen LogP contribution >= 0.6 is 23.2 Å². The van der Waals surface area contributed by atoms with Crippen LogP contribution < -0.4 is 5.32 Å². The molecule has 0 aliphatic carbocycles. The van der Waals surface area contributed by atoms with Gasteiger partial charge in [-0.3, -0.25) is 9.59 Å². The van der Waals surface area contributed by atoms with E-state index in [0.29, 0.717) is 10.6 Å². The molecule has 0 saturated heterocycles. The van der Waals surface area contributed by atoms with Gasteiger partial charge in [-0.2, -0.15) is 13.2 Å². The van der Waals surface area contributed by atoms with Crippen LogP contribution in [-0.2, 0) is 15.0 Å². The molecule has 0 aliphatic heterocycles. The lowest BCUT2D eigenvalue weighted by Gasteiger charge is -2.25. The fraction of sp³-hybridized carbons (Fsp3) is 0.333. The predicted octanol–water partition coefficient (Wildman–Crippen LogP) is 6.42. The Morgan fingerprint density at radius 3 is 2.20 bits per heavy atom. The topological polar surface area (TPSA) is 66.4 Å². The molecule has 162 valence electrons. The van der Waals surface area contributed by atoms with E-state index in [1.54, 1.807) is 19.9 Å². The molecule has 1 amide bonds. The van der Waals surface area contributed by atoms with Gasteiger partial charge in [-0.1, -0.05) is 55.2 Å². The maximum Gasteiger partial charge on any atom is 0.390 e. The molecule has 2 aromatic rings. The average Bonchev–Trinajstić information content (AvgIpc) is 2.60. The summed E-state index contributed by atoms with van der Waals surface area (Å²) in [5.41, 5.74) is 0.0622. The zero-order valence-electron chi connectivity index (χ0n) is 16.2. The number of alkyl halides is 3. The molecule has 0 radical (unpaired) electrons. The van der Waals surface area contributed by atoms with Crippen LogP contribution in [0, 0.1) is 0 Å². The van der Waals surface area contributed by atoms with Crippen molar-refractivity contribution < 1.29 is 27.9 Å². The minimum Gasteiger partial charge on any atom is -0.481 e. The zero-order valence-corrected chi connectivity index (χ0v) is 17.7. The number of benzene rings is 2. The van der Waals surface area contributed by atoms with Crippen LogP contribution in [-0.4, -0.2) is 23.2 Å². The minimum atomic E-state index is -4.57. The molecule has 0 saturated carbocycles. The van der Waals surface area contributed by atoms with E-state index in [1.807, 2.05) is 0 Å². The summed E-state index contributed by atoms with van der Waals surface area (Å²) in [4.78, 5) is 23.9. The van der Waals surface area contributed by atoms with Crippen LogP contribution in [0.25, 0.3) is 0 Å². The van der Waals surface area contributed by atoms with E-state index in [9.17, 15) is 22.8 Å². The van der Waals surface area contributed by atoms with Gasteiger partial charge in [-0.05, 0) is 35.4 Å². The molecule has 0 heterocycles. The third-order valence-electron chi connectivity index (χ3n) is 4.62. The summed E-state index contributed by atoms with van der Waals surface area (Å²) in [6, 6.07) is 10.1. The number of rotatable bonds is 7. The Morgan fingerprint density at radius 1 is 1.07 bits per heavy atom. The maximum absolute atomic E-state index is 13.1. The first-order chi connectivity index (χ1) is 13.8. The highest BCUT2D eigenvalue weighted by Crippen LogP contribution is 2.35. The van der Waals surface area contributed by atoms with Gasteiger partial charge in [0.15, 0.2) is 0 Å². The lowest BCUT2D eigenvalue weighted by Crippen LogP contribution is -2.27. The first-order valence-corrected chi connectivity index (χ1v) is 9.69. The van der Waals surface area contributed by atoms with Gasteiger partial charge in [-0.25, -0.2) is 0 Å². The quantitative estimate of drug-likeness (QED) is 0.499. The van der Waals surface area contributed by atoms with Crippen molar-refractivity contribution in [2.24, 2.45) is 0 Å². The van der Waals surface area contributed by atoms with E-state index >= 15 is 0 Å². The van der Waals surface area contributed by atoms with Gasteiger partial charge in [0.2, 0.25) is 5.91 Å². The summed E-state index contributed by atoms with van der Waals surface area (Å²) in [5, 5.41) is 12.0. The summed E-state index contributed by atoms with van der Waals surface area (Å²) in [6.45, 7) is 3.41. The van der Waals surface area contributed by atoms with Crippen molar-refractivity contribution in [3.63, 3.8) is 0 Å². The Morgan fingerprint density at radius 2 is 1.67 bits per heavy atom. The van der Waals surface area contributed by atoms with Crippen molar-refractivity contribution in [2.75, 3.05) is 5.32 Å². The molecular formula is C21H20Cl2F3NO3. The summed E-state index contributed by atoms with van der Waals surface area (Å²) in [6.07, 6.45) is -6.11. The van der Waals surface area contributed by atoms with Crippen LogP contribution in [0.4, 0.5) is 18.9 Å². The molecule has 2 aromatic carbocycles. The third-order valence-corrected chi connectivity index (χ3v) is 5.20. The highest BCUT2D eigenvalue weighted by molar-refractivity contribution is 6.33. The lowest BCUT2D eigenvalue weighted by molar-refractivity contribution is -0.146. The number of halogens is 5. The lowest BCUT2D eigenvalue weighted by atomic mass is 9.81. The molecule has 0 spiro atoms. The van der Waals surface area contributed by atoms with Crippen molar-refractivity contribution >= 4 is 40.8 Å². The van der Waals surface area contributed by atoms with E-state index in [4.69, 9.17) is 28.3 Å². The largest absolute Gasteiger partial charge is 0.481 e. The standard InChI is InChI=1S/C21H20Cl2F3NO3/c1-20(2,11-18(28)29)13-5-8-16(23)17(9-13)27-19(30)15(10-21(24,25)26)12-3-6-14(22)7-4-12/h3-9,15H,10-11H2,1-2H3,(H,27,30)(H,28,29)/t15-/m0/s1. The monoisotopic (exact) mass is 461 g/mol. The van der Waals surface area contributed by atoms with Gasteiger partial charge in [-0.15, -0.1) is 0 Å². The van der Waals surface area contributed by atoms with E-state index in [-0.39, 0.29) is 22.7 Å². The highest BCUT2D eigenvalue weighted by atomic mass is 35.5. The van der Waals surface area contributed by atoms with Gasteiger partial charge in [0.1, 0.15) is 0 Å². The molecule has 0 bridgehead atoms. The number of nitrogens with one attached hydrogen (secondary N) is 1. The molecule has 1 atom stereocenters. The van der Waals surface area contributed by atoms with Gasteiger partial charge in [0.05, 0.1) is 29.5 Å². The smallest absolute Gasteiger partial charge is 0.390 e. The van der Waals surface area contributed by atoms with Crippen molar-refractivity contribution in [3.05, 3.63) is 63.6 Å². The van der Waals surface area contributed by atoms with E-state index in [1.165, 1.54) is 36.4 Å². The van der Waals surface area contributed by atoms with Crippen LogP contribution in [0.3, 0.4) is 0 Å². The second-order valence-electron chi connectivity index (χ2n) is 7.56. The second-order valence-corrected chi connectivity index (χ2v) is 8.41. The number of carbonyl (C=O) groups excluding carboxylic acids is 1. The van der Waals surface area contributed by atoms with Crippen molar-refractivity contribution in [1.29, 1.82) is 0 Å². The number of aliphatic carboxylic acids is 1. The Bertz CT molecular complexity index is 928. The zero-order chi connectivity index (χ0) is 22.7. The SMILES string of the molecule is CC(C)(CC(=O)O)c1ccc(Cl)c(NC(=O)[C@@H](CC(F)(F)F)c2ccc(Cl)cc2)c1. The third kappa shape index (κ3) is 6.64. The molecule has 9 heteroatoms. The minimum absolute atomic E-state index is 0.110. The van der Waals surface area contributed by atoms with Gasteiger partial charge < -0.3 is 10.4 Å². The van der Waals surface area contributed by atoms with Gasteiger partial charge >= 0.3 is 12.1 Å². The number of hydrogen-bond donors (Lipinski definition) is 2. The number of amides is 1. The first-order valence-electron chi connectivity index (χ1n) is 8.93. The average molecular weight is 462 g/mol. The summed E-state index contributed by atoms with van der Waals surface area (Å²) in [7, 11) is 0. The Balaban J connectivity index is 2.35. The van der Waals surface area contributed by atoms with E-state index < -0.39 is 35.8 Å². The summed E-state index contributed by atoms with van der Waals surface area (Å²) < 4.78 is 39.3. The number of carboxylic acid groups (broad SMARTS) is 1. The van der Waals surface area contributed by atoms with Crippen LogP contribution in [0.5, 0.6) is 0 Å². The molecule has 0 aromatic heterocycles. The fourth-order valence-corrected chi connectivity index (χ4v) is 3.32. The van der Waals surface area contributed by atoms with Crippen LogP contribution in [0.15, 0.2) is 42.5 Å². The number of hydrogen-bond acceptors (Lipinski definition) is 2. The van der Waals surface area contributed by atoms with Crippen LogP contribution in [0.2, 0.25) is 10.0 Å².